The zero-order valence-corrected chi connectivity index (χ0v) is 16.8. The van der Waals surface area contributed by atoms with Gasteiger partial charge in [0, 0.05) is 42.9 Å². The molecule has 0 radical (unpaired) electrons. The first-order valence-corrected chi connectivity index (χ1v) is 10.6. The first-order valence-electron chi connectivity index (χ1n) is 10.6. The standard InChI is InChI=1S/C22H31N3O3/c1-3-5-15-8-9-17-20-19(21(27)23-11-14-6-7-14)16(13-26)18(24(20)10-4-2)12-25(17)22(15)28/h3,5,8-9,14,16,18-20,26H,4,6-7,10-13H2,1-2H3,(H,23,27)/b5-3+/t16-,18-,19+,20+/m0/s1. The van der Waals surface area contributed by atoms with Gasteiger partial charge in [-0.25, -0.2) is 0 Å². The third kappa shape index (κ3) is 3.22. The minimum Gasteiger partial charge on any atom is -0.396 e. The monoisotopic (exact) mass is 385 g/mol. The van der Waals surface area contributed by atoms with Crippen molar-refractivity contribution >= 4 is 12.0 Å². The lowest BCUT2D eigenvalue weighted by Crippen LogP contribution is -2.47. The van der Waals surface area contributed by atoms with Crippen molar-refractivity contribution in [3.8, 4) is 0 Å². The van der Waals surface area contributed by atoms with Crippen molar-refractivity contribution in [1.29, 1.82) is 0 Å². The summed E-state index contributed by atoms with van der Waals surface area (Å²) < 4.78 is 1.84. The van der Waals surface area contributed by atoms with E-state index in [0.29, 0.717) is 18.0 Å². The molecule has 2 fully saturated rings. The third-order valence-corrected chi connectivity index (χ3v) is 6.59. The Labute approximate surface area is 166 Å². The van der Waals surface area contributed by atoms with E-state index in [4.69, 9.17) is 0 Å². The molecule has 1 aliphatic carbocycles. The van der Waals surface area contributed by atoms with E-state index in [1.54, 1.807) is 0 Å². The fourth-order valence-corrected chi connectivity index (χ4v) is 5.10. The third-order valence-electron chi connectivity index (χ3n) is 6.59. The molecule has 3 aliphatic rings. The smallest absolute Gasteiger partial charge is 0.258 e. The summed E-state index contributed by atoms with van der Waals surface area (Å²) in [7, 11) is 0. The van der Waals surface area contributed by atoms with E-state index >= 15 is 0 Å². The Kier molecular flexibility index (Phi) is 5.43. The number of carbonyl (C=O) groups excluding carboxylic acids is 1. The quantitative estimate of drug-likeness (QED) is 0.750. The molecule has 1 aromatic rings. The molecule has 6 nitrogen and oxygen atoms in total. The molecule has 1 saturated carbocycles. The predicted octanol–water partition coefficient (Wildman–Crippen LogP) is 1.78. The van der Waals surface area contributed by atoms with Crippen LogP contribution in [0.3, 0.4) is 0 Å². The summed E-state index contributed by atoms with van der Waals surface area (Å²) in [5, 5.41) is 13.3. The maximum atomic E-state index is 13.2. The van der Waals surface area contributed by atoms with Gasteiger partial charge in [-0.1, -0.05) is 19.1 Å². The lowest BCUT2D eigenvalue weighted by Gasteiger charge is -2.38. The molecule has 1 saturated heterocycles. The normalized spacial score (nSPS) is 29.2. The molecule has 1 aromatic heterocycles. The van der Waals surface area contributed by atoms with Gasteiger partial charge in [-0.3, -0.25) is 14.5 Å². The van der Waals surface area contributed by atoms with E-state index < -0.39 is 0 Å². The van der Waals surface area contributed by atoms with Gasteiger partial charge in [0.2, 0.25) is 5.91 Å². The summed E-state index contributed by atoms with van der Waals surface area (Å²) in [6.07, 6.45) is 7.06. The number of allylic oxidation sites excluding steroid dienone is 1. The zero-order chi connectivity index (χ0) is 19.8. The van der Waals surface area contributed by atoms with Crippen LogP contribution in [-0.4, -0.2) is 46.2 Å². The van der Waals surface area contributed by atoms with Crippen LogP contribution >= 0.6 is 0 Å². The average molecular weight is 386 g/mol. The Hall–Kier alpha value is -1.92. The number of hydrogen-bond donors (Lipinski definition) is 2. The molecule has 4 atom stereocenters. The molecule has 152 valence electrons. The first-order chi connectivity index (χ1) is 13.6. The van der Waals surface area contributed by atoms with Gasteiger partial charge in [0.1, 0.15) is 0 Å². The van der Waals surface area contributed by atoms with E-state index in [2.05, 4.69) is 17.1 Å². The number of hydrogen-bond acceptors (Lipinski definition) is 4. The minimum atomic E-state index is -0.319. The van der Waals surface area contributed by atoms with Crippen LogP contribution in [0.5, 0.6) is 0 Å². The van der Waals surface area contributed by atoms with E-state index in [1.807, 2.05) is 35.8 Å². The highest BCUT2D eigenvalue weighted by molar-refractivity contribution is 5.80. The Morgan fingerprint density at radius 2 is 2.14 bits per heavy atom. The Bertz CT molecular complexity index is 827. The summed E-state index contributed by atoms with van der Waals surface area (Å²) >= 11 is 0. The number of nitrogens with zero attached hydrogens (tertiary/aromatic N) is 2. The number of aliphatic hydroxyl groups is 1. The summed E-state index contributed by atoms with van der Waals surface area (Å²) in [4.78, 5) is 28.5. The number of aliphatic hydroxyl groups excluding tert-OH is 1. The molecule has 2 bridgehead atoms. The molecule has 0 aromatic carbocycles. The Morgan fingerprint density at radius 3 is 2.79 bits per heavy atom. The van der Waals surface area contributed by atoms with Gasteiger partial charge in [-0.2, -0.15) is 0 Å². The Balaban J connectivity index is 1.74. The predicted molar refractivity (Wildman–Crippen MR) is 109 cm³/mol. The molecular formula is C22H31N3O3. The van der Waals surface area contributed by atoms with Crippen molar-refractivity contribution in [2.45, 2.75) is 51.7 Å². The number of carbonyl (C=O) groups is 1. The highest BCUT2D eigenvalue weighted by Gasteiger charge is 2.55. The maximum absolute atomic E-state index is 13.2. The number of amides is 1. The van der Waals surface area contributed by atoms with E-state index in [1.165, 1.54) is 12.8 Å². The van der Waals surface area contributed by atoms with Gasteiger partial charge in [-0.05, 0) is 50.8 Å². The van der Waals surface area contributed by atoms with Gasteiger partial charge >= 0.3 is 0 Å². The van der Waals surface area contributed by atoms with Gasteiger partial charge in [-0.15, -0.1) is 0 Å². The van der Waals surface area contributed by atoms with Gasteiger partial charge in [0.15, 0.2) is 0 Å². The zero-order valence-electron chi connectivity index (χ0n) is 16.8. The van der Waals surface area contributed by atoms with Crippen LogP contribution in [0.15, 0.2) is 23.0 Å². The number of aromatic nitrogens is 1. The summed E-state index contributed by atoms with van der Waals surface area (Å²) in [6, 6.07) is 3.73. The molecule has 1 amide bonds. The van der Waals surface area contributed by atoms with Crippen molar-refractivity contribution in [3.05, 3.63) is 39.8 Å². The van der Waals surface area contributed by atoms with Crippen molar-refractivity contribution in [2.24, 2.45) is 17.8 Å². The second-order valence-electron chi connectivity index (χ2n) is 8.44. The molecule has 6 heteroatoms. The highest BCUT2D eigenvalue weighted by Crippen LogP contribution is 2.48. The molecule has 2 N–H and O–H groups in total. The average Bonchev–Trinajstić information content (AvgIpc) is 3.48. The van der Waals surface area contributed by atoms with Crippen LogP contribution in [0.25, 0.3) is 6.08 Å². The van der Waals surface area contributed by atoms with Crippen LogP contribution < -0.4 is 10.9 Å². The number of pyridine rings is 1. The number of nitrogens with one attached hydrogen (secondary N) is 1. The number of fused-ring (bicyclic) bond motifs is 4. The highest BCUT2D eigenvalue weighted by atomic mass is 16.3. The second kappa shape index (κ2) is 7.84. The van der Waals surface area contributed by atoms with E-state index in [-0.39, 0.29) is 42.0 Å². The SMILES string of the molecule is C/C=C/c1ccc2n(c1=O)C[C@H]1[C@H](CO)[C@@H](C(=O)NCC3CC3)[C@@H]2N1CCC. The minimum absolute atomic E-state index is 0.00234. The van der Waals surface area contributed by atoms with Crippen molar-refractivity contribution < 1.29 is 9.90 Å². The van der Waals surface area contributed by atoms with Crippen LogP contribution in [0, 0.1) is 17.8 Å². The van der Waals surface area contributed by atoms with Gasteiger partial charge < -0.3 is 15.0 Å². The lowest BCUT2D eigenvalue weighted by atomic mass is 9.86. The molecular weight excluding hydrogens is 354 g/mol. The number of rotatable bonds is 7. The van der Waals surface area contributed by atoms with Crippen LogP contribution in [-0.2, 0) is 11.3 Å². The van der Waals surface area contributed by atoms with Crippen molar-refractivity contribution in [3.63, 3.8) is 0 Å². The molecule has 2 aliphatic heterocycles. The maximum Gasteiger partial charge on any atom is 0.258 e. The van der Waals surface area contributed by atoms with Crippen molar-refractivity contribution in [1.82, 2.24) is 14.8 Å². The molecule has 0 unspecified atom stereocenters. The largest absolute Gasteiger partial charge is 0.396 e. The van der Waals surface area contributed by atoms with Crippen molar-refractivity contribution in [2.75, 3.05) is 19.7 Å². The van der Waals surface area contributed by atoms with Crippen LogP contribution in [0.4, 0.5) is 0 Å². The second-order valence-corrected chi connectivity index (χ2v) is 8.44. The van der Waals surface area contributed by atoms with Gasteiger partial charge in [0.05, 0.1) is 12.0 Å². The fraction of sp³-hybridized carbons (Fsp3) is 0.636. The Morgan fingerprint density at radius 1 is 1.36 bits per heavy atom. The van der Waals surface area contributed by atoms with E-state index in [9.17, 15) is 14.7 Å². The molecule has 4 rings (SSSR count). The molecule has 0 spiro atoms. The summed E-state index contributed by atoms with van der Waals surface area (Å²) in [6.45, 7) is 6.13. The topological polar surface area (TPSA) is 74.6 Å². The van der Waals surface area contributed by atoms with E-state index in [0.717, 1.165) is 25.2 Å². The van der Waals surface area contributed by atoms with Crippen LogP contribution in [0.2, 0.25) is 0 Å². The lowest BCUT2D eigenvalue weighted by molar-refractivity contribution is -0.127. The van der Waals surface area contributed by atoms with Crippen LogP contribution in [0.1, 0.15) is 50.4 Å². The first kappa shape index (κ1) is 19.4. The molecule has 28 heavy (non-hydrogen) atoms. The fourth-order valence-electron chi connectivity index (χ4n) is 5.10. The summed E-state index contributed by atoms with van der Waals surface area (Å²) in [5.74, 6) is 0.168. The molecule has 3 heterocycles. The van der Waals surface area contributed by atoms with Gasteiger partial charge in [0.25, 0.3) is 5.56 Å². The summed E-state index contributed by atoms with van der Waals surface area (Å²) in [5.41, 5.74) is 1.58.